The normalized spacial score (nSPS) is 11.7. The lowest BCUT2D eigenvalue weighted by Crippen LogP contribution is -2.05. The third-order valence-corrected chi connectivity index (χ3v) is 14.8. The number of fused-ring (bicyclic) bond motifs is 7. The minimum atomic E-state index is 0.646. The van der Waals surface area contributed by atoms with E-state index in [1.165, 1.54) is 180 Å². The van der Waals surface area contributed by atoms with E-state index in [0.29, 0.717) is 36.5 Å². The fourth-order valence-electron chi connectivity index (χ4n) is 9.44. The average Bonchev–Trinajstić information content (AvgIpc) is 3.35. The highest BCUT2D eigenvalue weighted by atomic mass is 79.9. The van der Waals surface area contributed by atoms with E-state index in [9.17, 15) is 0 Å². The van der Waals surface area contributed by atoms with Gasteiger partial charge in [0.1, 0.15) is 15.6 Å². The molecule has 5 rings (SSSR count). The second kappa shape index (κ2) is 33.6. The molecule has 0 amide bonds. The molecule has 5 aromatic rings. The van der Waals surface area contributed by atoms with Gasteiger partial charge >= 0.3 is 0 Å². The number of rotatable bonds is 40. The van der Waals surface area contributed by atoms with Gasteiger partial charge in [0.05, 0.1) is 41.9 Å². The maximum Gasteiger partial charge on any atom is 0.161 e. The van der Waals surface area contributed by atoms with E-state index >= 15 is 0 Å². The number of benzene rings is 3. The smallest absolute Gasteiger partial charge is 0.161 e. The Morgan fingerprint density at radius 1 is 0.324 bits per heavy atom. The van der Waals surface area contributed by atoms with E-state index in [2.05, 4.69) is 88.8 Å². The van der Waals surface area contributed by atoms with Crippen LogP contribution in [-0.4, -0.2) is 41.4 Å². The molecule has 0 radical (unpaired) electrons. The third kappa shape index (κ3) is 18.7. The van der Waals surface area contributed by atoms with Gasteiger partial charge in [-0.3, -0.25) is 0 Å². The Morgan fingerprint density at radius 2 is 0.588 bits per heavy atom. The largest absolute Gasteiger partial charge is 0.490 e. The molecule has 0 spiro atoms. The molecule has 0 unspecified atom stereocenters. The summed E-state index contributed by atoms with van der Waals surface area (Å²) >= 11 is 7.47. The minimum Gasteiger partial charge on any atom is -0.490 e. The van der Waals surface area contributed by atoms with Crippen molar-refractivity contribution in [2.75, 3.05) is 26.4 Å². The van der Waals surface area contributed by atoms with Gasteiger partial charge in [0.2, 0.25) is 0 Å². The van der Waals surface area contributed by atoms with Crippen LogP contribution in [0.4, 0.5) is 0 Å². The summed E-state index contributed by atoms with van der Waals surface area (Å²) in [6.45, 7) is 11.7. The lowest BCUT2D eigenvalue weighted by Gasteiger charge is -2.19. The van der Waals surface area contributed by atoms with Gasteiger partial charge in [-0.25, -0.2) is 15.0 Å². The van der Waals surface area contributed by atoms with Crippen molar-refractivity contribution in [1.29, 1.82) is 0 Å². The van der Waals surface area contributed by atoms with Crippen molar-refractivity contribution < 1.29 is 18.9 Å². The first-order valence-electron chi connectivity index (χ1n) is 27.9. The molecule has 68 heavy (non-hydrogen) atoms. The summed E-state index contributed by atoms with van der Waals surface area (Å²) in [5.74, 6) is 3.12. The van der Waals surface area contributed by atoms with Crippen LogP contribution in [0, 0.1) is 0 Å². The van der Waals surface area contributed by atoms with Crippen molar-refractivity contribution in [3.05, 3.63) is 39.5 Å². The maximum absolute atomic E-state index is 6.75. The van der Waals surface area contributed by atoms with Crippen molar-refractivity contribution in [2.45, 2.75) is 233 Å². The highest BCUT2D eigenvalue weighted by Crippen LogP contribution is 2.45. The van der Waals surface area contributed by atoms with Gasteiger partial charge in [0.25, 0.3) is 0 Å². The molecule has 0 fully saturated rings. The maximum atomic E-state index is 6.75. The van der Waals surface area contributed by atoms with Crippen molar-refractivity contribution in [1.82, 2.24) is 15.0 Å². The topological polar surface area (TPSA) is 75.6 Å². The van der Waals surface area contributed by atoms with Gasteiger partial charge in [-0.1, -0.05) is 207 Å². The molecule has 378 valence electrons. The summed E-state index contributed by atoms with van der Waals surface area (Å²) in [6.07, 6.45) is 41.9. The molecule has 2 heterocycles. The Morgan fingerprint density at radius 3 is 0.897 bits per heavy atom. The summed E-state index contributed by atoms with van der Waals surface area (Å²) < 4.78 is 28.4. The van der Waals surface area contributed by atoms with Gasteiger partial charge in [-0.15, -0.1) is 0 Å². The molecular formula is C59H89Br2N3O4. The zero-order valence-corrected chi connectivity index (χ0v) is 46.2. The number of halogens is 2. The fourth-order valence-corrected chi connectivity index (χ4v) is 10.2. The number of hydrogen-bond acceptors (Lipinski definition) is 7. The quantitative estimate of drug-likeness (QED) is 0.0167. The zero-order chi connectivity index (χ0) is 48.0. The van der Waals surface area contributed by atoms with Crippen LogP contribution in [0.5, 0.6) is 23.0 Å². The Kier molecular flexibility index (Phi) is 27.7. The number of hydrogen-bond donors (Lipinski definition) is 0. The predicted molar refractivity (Wildman–Crippen MR) is 298 cm³/mol. The molecule has 7 nitrogen and oxygen atoms in total. The van der Waals surface area contributed by atoms with Crippen LogP contribution >= 0.6 is 31.9 Å². The Labute approximate surface area is 429 Å². The molecule has 3 aromatic carbocycles. The Hall–Kier alpha value is -2.91. The third-order valence-electron chi connectivity index (χ3n) is 13.6. The standard InChI is InChI=1S/C59H89Br2N3O4/c1-5-9-13-17-21-25-29-33-37-65-51-41-46-47-42-52(66-38-34-30-26-22-18-14-10-6-2)54(68-40-36-32-28-24-20-16-12-8-4)44-49(47)56-55(63-57-50(60)45-62-59(61)58(57)64-56)48(46)43-53(51)67-39-35-31-27-23-19-15-11-7-3/h41-45H,5-40H2,1-4H3. The van der Waals surface area contributed by atoms with Crippen molar-refractivity contribution in [3.63, 3.8) is 0 Å². The first-order chi connectivity index (χ1) is 33.5. The van der Waals surface area contributed by atoms with Crippen LogP contribution in [0.15, 0.2) is 39.5 Å². The molecular weight excluding hydrogens is 974 g/mol. The lowest BCUT2D eigenvalue weighted by atomic mass is 9.98. The van der Waals surface area contributed by atoms with E-state index in [0.717, 1.165) is 91.2 Å². The van der Waals surface area contributed by atoms with Crippen LogP contribution < -0.4 is 18.9 Å². The predicted octanol–water partition coefficient (Wildman–Crippen LogP) is 20.1. The Balaban J connectivity index is 1.51. The second-order valence-corrected chi connectivity index (χ2v) is 21.1. The number of nitrogens with zero attached hydrogens (tertiary/aromatic N) is 3. The molecule has 0 N–H and O–H groups in total. The summed E-state index contributed by atoms with van der Waals surface area (Å²) in [6, 6.07) is 8.74. The van der Waals surface area contributed by atoms with Crippen LogP contribution in [0.2, 0.25) is 0 Å². The number of unbranched alkanes of at least 4 members (excludes halogenated alkanes) is 28. The Bertz CT molecular complexity index is 2030. The summed E-state index contributed by atoms with van der Waals surface area (Å²) in [5, 5.41) is 4.04. The molecule has 0 aliphatic rings. The van der Waals surface area contributed by atoms with Crippen molar-refractivity contribution >= 4 is 75.5 Å². The summed E-state index contributed by atoms with van der Waals surface area (Å²) in [7, 11) is 0. The number of aromatic nitrogens is 3. The van der Waals surface area contributed by atoms with E-state index in [1.807, 2.05) is 0 Å². The average molecular weight is 1060 g/mol. The number of pyridine rings is 1. The van der Waals surface area contributed by atoms with Crippen molar-refractivity contribution in [3.8, 4) is 23.0 Å². The van der Waals surface area contributed by atoms with Crippen LogP contribution in [-0.2, 0) is 0 Å². The summed E-state index contributed by atoms with van der Waals surface area (Å²) in [5.41, 5.74) is 3.08. The van der Waals surface area contributed by atoms with E-state index in [1.54, 1.807) is 6.20 Å². The molecule has 2 aromatic heterocycles. The van der Waals surface area contributed by atoms with Gasteiger partial charge in [0.15, 0.2) is 23.0 Å². The van der Waals surface area contributed by atoms with Gasteiger partial charge in [0, 0.05) is 17.0 Å². The lowest BCUT2D eigenvalue weighted by molar-refractivity contribution is 0.258. The van der Waals surface area contributed by atoms with Crippen molar-refractivity contribution in [2.24, 2.45) is 0 Å². The number of ether oxygens (including phenoxy) is 4. The van der Waals surface area contributed by atoms with Crippen LogP contribution in [0.1, 0.15) is 233 Å². The highest BCUT2D eigenvalue weighted by molar-refractivity contribution is 9.11. The van der Waals surface area contributed by atoms with E-state index in [-0.39, 0.29) is 0 Å². The van der Waals surface area contributed by atoms with Crippen LogP contribution in [0.25, 0.3) is 43.6 Å². The molecule has 0 saturated heterocycles. The second-order valence-electron chi connectivity index (χ2n) is 19.5. The monoisotopic (exact) mass is 1060 g/mol. The SMILES string of the molecule is CCCCCCCCCCOc1cc2c3cc(OCCCCCCCCCC)c(OCCCCCCCCCC)cc3c3nc4c(Br)ncc(Br)c4nc3c2cc1OCCCCCCCCCC. The van der Waals surface area contributed by atoms with Crippen LogP contribution in [0.3, 0.4) is 0 Å². The van der Waals surface area contributed by atoms with Gasteiger partial charge < -0.3 is 18.9 Å². The molecule has 0 aliphatic heterocycles. The van der Waals surface area contributed by atoms with E-state index in [4.69, 9.17) is 28.9 Å². The molecule has 0 bridgehead atoms. The summed E-state index contributed by atoms with van der Waals surface area (Å²) in [4.78, 5) is 15.4. The zero-order valence-electron chi connectivity index (χ0n) is 43.1. The highest BCUT2D eigenvalue weighted by Gasteiger charge is 2.21. The molecule has 0 atom stereocenters. The minimum absolute atomic E-state index is 0.646. The molecule has 9 heteroatoms. The van der Waals surface area contributed by atoms with Gasteiger partial charge in [-0.05, 0) is 92.6 Å². The first-order valence-corrected chi connectivity index (χ1v) is 29.5. The van der Waals surface area contributed by atoms with E-state index < -0.39 is 0 Å². The van der Waals surface area contributed by atoms with Gasteiger partial charge in [-0.2, -0.15) is 0 Å². The first kappa shape index (κ1) is 56.0. The fraction of sp³-hybridized carbons (Fsp3) is 0.678. The molecule has 0 aliphatic carbocycles. The molecule has 0 saturated carbocycles.